The topological polar surface area (TPSA) is 77.2 Å². The summed E-state index contributed by atoms with van der Waals surface area (Å²) in [5, 5.41) is 3.54. The van der Waals surface area contributed by atoms with Crippen LogP contribution in [0.15, 0.2) is 4.52 Å². The van der Waals surface area contributed by atoms with Crippen LogP contribution in [0.5, 0.6) is 0 Å². The molecule has 0 aliphatic rings. The molecule has 1 N–H and O–H groups in total. The van der Waals surface area contributed by atoms with Crippen LogP contribution in [-0.2, 0) is 11.3 Å². The Hall–Kier alpha value is -1.43. The summed E-state index contributed by atoms with van der Waals surface area (Å²) in [6.07, 6.45) is 0.629. The van der Waals surface area contributed by atoms with Crippen molar-refractivity contribution >= 4 is 5.91 Å². The van der Waals surface area contributed by atoms with Crippen molar-refractivity contribution in [1.82, 2.24) is 15.6 Å². The molecule has 6 nitrogen and oxygen atoms in total. The van der Waals surface area contributed by atoms with E-state index >= 15 is 0 Å². The molecule has 0 saturated carbocycles. The van der Waals surface area contributed by atoms with Crippen LogP contribution in [0.4, 0.5) is 0 Å². The number of nitrogens with zero attached hydrogens (tertiary/aromatic N) is 2. The molecule has 66 valence electrons. The van der Waals surface area contributed by atoms with Crippen LogP contribution >= 0.6 is 0 Å². The summed E-state index contributed by atoms with van der Waals surface area (Å²) in [7, 11) is 1.33. The second-order valence-electron chi connectivity index (χ2n) is 2.00. The SMILES string of the molecule is CCc1noc(C(=O)NOC)n1. The van der Waals surface area contributed by atoms with Crippen LogP contribution in [0.25, 0.3) is 0 Å². The van der Waals surface area contributed by atoms with Gasteiger partial charge in [0.2, 0.25) is 0 Å². The summed E-state index contributed by atoms with van der Waals surface area (Å²) in [4.78, 5) is 19.1. The van der Waals surface area contributed by atoms with E-state index in [-0.39, 0.29) is 5.89 Å². The minimum atomic E-state index is -0.537. The van der Waals surface area contributed by atoms with E-state index < -0.39 is 5.91 Å². The van der Waals surface area contributed by atoms with E-state index in [0.29, 0.717) is 12.2 Å². The molecule has 0 fully saturated rings. The number of carbonyl (C=O) groups is 1. The van der Waals surface area contributed by atoms with Crippen molar-refractivity contribution < 1.29 is 14.2 Å². The predicted molar refractivity (Wildman–Crippen MR) is 38.2 cm³/mol. The van der Waals surface area contributed by atoms with Crippen LogP contribution in [-0.4, -0.2) is 23.2 Å². The standard InChI is InChI=1S/C6H9N3O3/c1-3-4-7-6(12-8-4)5(10)9-11-2/h3H2,1-2H3,(H,9,10). The molecule has 0 bridgehead atoms. The van der Waals surface area contributed by atoms with Crippen LogP contribution in [0.1, 0.15) is 23.4 Å². The second-order valence-corrected chi connectivity index (χ2v) is 2.00. The summed E-state index contributed by atoms with van der Waals surface area (Å²) < 4.78 is 4.62. The fourth-order valence-electron chi connectivity index (χ4n) is 0.626. The molecule has 0 saturated heterocycles. The molecule has 0 aliphatic heterocycles. The lowest BCUT2D eigenvalue weighted by molar-refractivity contribution is 0.0494. The average molecular weight is 171 g/mol. The van der Waals surface area contributed by atoms with Gasteiger partial charge < -0.3 is 4.52 Å². The van der Waals surface area contributed by atoms with E-state index in [1.807, 2.05) is 6.92 Å². The first kappa shape index (κ1) is 8.66. The largest absolute Gasteiger partial charge is 0.333 e. The Morgan fingerprint density at radius 1 is 1.75 bits per heavy atom. The van der Waals surface area contributed by atoms with E-state index in [4.69, 9.17) is 0 Å². The Morgan fingerprint density at radius 2 is 2.50 bits per heavy atom. The van der Waals surface area contributed by atoms with Crippen molar-refractivity contribution in [2.75, 3.05) is 7.11 Å². The smallest absolute Gasteiger partial charge is 0.328 e. The Labute approximate surface area is 68.9 Å². The van der Waals surface area contributed by atoms with Gasteiger partial charge in [-0.15, -0.1) is 0 Å². The normalized spacial score (nSPS) is 9.83. The second kappa shape index (κ2) is 3.82. The number of hydroxylamine groups is 1. The first-order valence-corrected chi connectivity index (χ1v) is 3.43. The third-order valence-corrected chi connectivity index (χ3v) is 1.17. The van der Waals surface area contributed by atoms with Gasteiger partial charge in [-0.05, 0) is 0 Å². The van der Waals surface area contributed by atoms with Gasteiger partial charge in [0.25, 0.3) is 0 Å². The van der Waals surface area contributed by atoms with E-state index in [1.165, 1.54) is 7.11 Å². The highest BCUT2D eigenvalue weighted by Gasteiger charge is 2.13. The van der Waals surface area contributed by atoms with Crippen molar-refractivity contribution in [1.29, 1.82) is 0 Å². The molecular weight excluding hydrogens is 162 g/mol. The zero-order valence-electron chi connectivity index (χ0n) is 6.83. The van der Waals surface area contributed by atoms with Gasteiger partial charge in [-0.3, -0.25) is 9.63 Å². The molecular formula is C6H9N3O3. The van der Waals surface area contributed by atoms with E-state index in [9.17, 15) is 4.79 Å². The molecule has 0 aliphatic carbocycles. The Bertz CT molecular complexity index is 271. The van der Waals surface area contributed by atoms with Crippen molar-refractivity contribution in [3.8, 4) is 0 Å². The number of nitrogens with one attached hydrogen (secondary N) is 1. The Kier molecular flexibility index (Phi) is 2.76. The highest BCUT2D eigenvalue weighted by atomic mass is 16.6. The molecule has 0 unspecified atom stereocenters. The minimum absolute atomic E-state index is 0.0892. The average Bonchev–Trinajstić information content (AvgIpc) is 2.52. The van der Waals surface area contributed by atoms with Crippen LogP contribution in [0.3, 0.4) is 0 Å². The van der Waals surface area contributed by atoms with Gasteiger partial charge in [-0.25, -0.2) is 5.48 Å². The summed E-state index contributed by atoms with van der Waals surface area (Å²) in [5.41, 5.74) is 2.06. The fraction of sp³-hybridized carbons (Fsp3) is 0.500. The lowest BCUT2D eigenvalue weighted by Gasteiger charge is -1.93. The molecule has 1 amide bonds. The Balaban J connectivity index is 2.68. The van der Waals surface area contributed by atoms with Gasteiger partial charge in [-0.2, -0.15) is 4.98 Å². The van der Waals surface area contributed by atoms with Crippen LogP contribution in [0.2, 0.25) is 0 Å². The van der Waals surface area contributed by atoms with Gasteiger partial charge >= 0.3 is 11.8 Å². The fourth-order valence-corrected chi connectivity index (χ4v) is 0.626. The zero-order valence-corrected chi connectivity index (χ0v) is 6.83. The maximum atomic E-state index is 10.9. The number of hydrogen-bond acceptors (Lipinski definition) is 5. The minimum Gasteiger partial charge on any atom is -0.328 e. The first-order valence-electron chi connectivity index (χ1n) is 3.43. The molecule has 1 rings (SSSR count). The summed E-state index contributed by atoms with van der Waals surface area (Å²) in [6.45, 7) is 1.86. The molecule has 6 heteroatoms. The quantitative estimate of drug-likeness (QED) is 0.644. The molecule has 0 aromatic carbocycles. The number of amides is 1. The highest BCUT2D eigenvalue weighted by molar-refractivity contribution is 5.88. The number of rotatable bonds is 3. The molecule has 0 radical (unpaired) electrons. The van der Waals surface area contributed by atoms with E-state index in [2.05, 4.69) is 25.0 Å². The lowest BCUT2D eigenvalue weighted by Crippen LogP contribution is -2.22. The first-order chi connectivity index (χ1) is 5.77. The van der Waals surface area contributed by atoms with Gasteiger partial charge in [0.15, 0.2) is 5.82 Å². The summed E-state index contributed by atoms with van der Waals surface area (Å²) in [5.74, 6) is -0.130. The summed E-state index contributed by atoms with van der Waals surface area (Å²) >= 11 is 0. The van der Waals surface area contributed by atoms with Gasteiger partial charge in [0.1, 0.15) is 0 Å². The highest BCUT2D eigenvalue weighted by Crippen LogP contribution is 1.96. The molecule has 12 heavy (non-hydrogen) atoms. The number of carbonyl (C=O) groups excluding carboxylic acids is 1. The maximum Gasteiger partial charge on any atom is 0.333 e. The molecule has 1 aromatic heterocycles. The van der Waals surface area contributed by atoms with E-state index in [1.54, 1.807) is 0 Å². The number of aromatic nitrogens is 2. The van der Waals surface area contributed by atoms with Crippen molar-refractivity contribution in [3.63, 3.8) is 0 Å². The zero-order chi connectivity index (χ0) is 8.97. The van der Waals surface area contributed by atoms with Gasteiger partial charge in [0, 0.05) is 6.42 Å². The third kappa shape index (κ3) is 1.79. The lowest BCUT2D eigenvalue weighted by atomic mass is 10.5. The van der Waals surface area contributed by atoms with Gasteiger partial charge in [-0.1, -0.05) is 12.1 Å². The molecule has 0 atom stereocenters. The molecule has 0 spiro atoms. The molecule has 1 aromatic rings. The Morgan fingerprint density at radius 3 is 3.00 bits per heavy atom. The summed E-state index contributed by atoms with van der Waals surface area (Å²) in [6, 6.07) is 0. The monoisotopic (exact) mass is 171 g/mol. The third-order valence-electron chi connectivity index (χ3n) is 1.17. The van der Waals surface area contributed by atoms with Crippen molar-refractivity contribution in [2.45, 2.75) is 13.3 Å². The van der Waals surface area contributed by atoms with E-state index in [0.717, 1.165) is 0 Å². The van der Waals surface area contributed by atoms with Crippen molar-refractivity contribution in [3.05, 3.63) is 11.7 Å². The van der Waals surface area contributed by atoms with Gasteiger partial charge in [0.05, 0.1) is 7.11 Å². The van der Waals surface area contributed by atoms with Crippen LogP contribution < -0.4 is 5.48 Å². The maximum absolute atomic E-state index is 10.9. The number of aryl methyl sites for hydroxylation is 1. The number of hydrogen-bond donors (Lipinski definition) is 1. The van der Waals surface area contributed by atoms with Crippen LogP contribution in [0, 0.1) is 0 Å². The molecule has 1 heterocycles. The van der Waals surface area contributed by atoms with Crippen molar-refractivity contribution in [2.24, 2.45) is 0 Å². The predicted octanol–water partition coefficient (Wildman–Crippen LogP) is -0.0768.